The third kappa shape index (κ3) is 4.97. The van der Waals surface area contributed by atoms with Gasteiger partial charge in [0.2, 0.25) is 0 Å². The molecule has 0 radical (unpaired) electrons. The minimum atomic E-state index is -1.02. The normalized spacial score (nSPS) is 15.6. The fourth-order valence-corrected chi connectivity index (χ4v) is 3.10. The van der Waals surface area contributed by atoms with Crippen LogP contribution in [0.25, 0.3) is 0 Å². The number of rotatable bonds is 4. The quantitative estimate of drug-likeness (QED) is 0.862. The summed E-state index contributed by atoms with van der Waals surface area (Å²) < 4.78 is 19.6. The highest BCUT2D eigenvalue weighted by atomic mass is 32.2. The lowest BCUT2D eigenvalue weighted by molar-refractivity contribution is 0.370. The van der Waals surface area contributed by atoms with Crippen molar-refractivity contribution < 1.29 is 14.1 Å². The van der Waals surface area contributed by atoms with E-state index in [9.17, 15) is 4.21 Å². The van der Waals surface area contributed by atoms with Crippen LogP contribution >= 0.6 is 0 Å². The topological polar surface area (TPSA) is 49.8 Å². The summed E-state index contributed by atoms with van der Waals surface area (Å²) in [4.78, 5) is 0.839. The van der Waals surface area contributed by atoms with Crippen molar-refractivity contribution in [3.8, 4) is 17.6 Å². The zero-order chi connectivity index (χ0) is 14.8. The molecule has 110 valence electrons. The summed E-state index contributed by atoms with van der Waals surface area (Å²) in [5.41, 5.74) is 0. The van der Waals surface area contributed by atoms with Crippen LogP contribution in [-0.4, -0.2) is 40.4 Å². The predicted octanol–water partition coefficient (Wildman–Crippen LogP) is 1.82. The molecule has 1 aromatic rings. The molecule has 1 atom stereocenters. The summed E-state index contributed by atoms with van der Waals surface area (Å²) in [6.45, 7) is 4.03. The first-order valence-corrected chi connectivity index (χ1v) is 7.66. The zero-order valence-electron chi connectivity index (χ0n) is 12.0. The Labute approximate surface area is 123 Å². The van der Waals surface area contributed by atoms with Crippen molar-refractivity contribution in [2.75, 3.05) is 26.8 Å². The SMILES string of the molecule is CC#CCOc1ccc(S(=O)N2CCCC2)cc1.CO. The number of ether oxygens (including phenoxy) is 1. The molecule has 1 N–H and O–H groups in total. The maximum absolute atomic E-state index is 12.2. The highest BCUT2D eigenvalue weighted by molar-refractivity contribution is 7.82. The molecule has 0 saturated carbocycles. The molecular weight excluding hydrogens is 274 g/mol. The van der Waals surface area contributed by atoms with Gasteiger partial charge in [-0.2, -0.15) is 0 Å². The maximum atomic E-state index is 12.2. The smallest absolute Gasteiger partial charge is 0.149 e. The standard InChI is InChI=1S/C14H17NO2S.CH4O/c1-2-3-12-17-13-6-8-14(9-7-13)18(16)15-10-4-5-11-15;1-2/h6-9H,4-5,10-12H2,1H3;2H,1H3. The van der Waals surface area contributed by atoms with Gasteiger partial charge in [0, 0.05) is 20.2 Å². The number of hydrogen-bond acceptors (Lipinski definition) is 3. The molecule has 0 bridgehead atoms. The molecule has 0 aromatic heterocycles. The van der Waals surface area contributed by atoms with Gasteiger partial charge >= 0.3 is 0 Å². The molecule has 1 aromatic carbocycles. The van der Waals surface area contributed by atoms with E-state index < -0.39 is 11.0 Å². The summed E-state index contributed by atoms with van der Waals surface area (Å²) >= 11 is 0. The largest absolute Gasteiger partial charge is 0.481 e. The van der Waals surface area contributed by atoms with Crippen molar-refractivity contribution in [2.24, 2.45) is 0 Å². The maximum Gasteiger partial charge on any atom is 0.149 e. The van der Waals surface area contributed by atoms with Gasteiger partial charge in [0.05, 0.1) is 4.90 Å². The molecule has 1 heterocycles. The molecule has 4 nitrogen and oxygen atoms in total. The number of nitrogens with zero attached hydrogens (tertiary/aromatic N) is 1. The first-order chi connectivity index (χ1) is 9.81. The Morgan fingerprint density at radius 2 is 1.85 bits per heavy atom. The van der Waals surface area contributed by atoms with Crippen LogP contribution in [0.4, 0.5) is 0 Å². The van der Waals surface area contributed by atoms with E-state index in [0.29, 0.717) is 6.61 Å². The van der Waals surface area contributed by atoms with Crippen molar-refractivity contribution in [3.63, 3.8) is 0 Å². The number of aliphatic hydroxyl groups excluding tert-OH is 1. The van der Waals surface area contributed by atoms with Gasteiger partial charge in [-0.05, 0) is 44.0 Å². The van der Waals surface area contributed by atoms with E-state index >= 15 is 0 Å². The summed E-state index contributed by atoms with van der Waals surface area (Å²) in [5.74, 6) is 6.38. The van der Waals surface area contributed by atoms with E-state index in [0.717, 1.165) is 43.7 Å². The van der Waals surface area contributed by atoms with E-state index in [-0.39, 0.29) is 0 Å². The number of aliphatic hydroxyl groups is 1. The van der Waals surface area contributed by atoms with Crippen molar-refractivity contribution in [3.05, 3.63) is 24.3 Å². The van der Waals surface area contributed by atoms with Crippen LogP contribution in [0.2, 0.25) is 0 Å². The second-order valence-electron chi connectivity index (χ2n) is 4.07. The van der Waals surface area contributed by atoms with E-state index in [1.165, 1.54) is 0 Å². The molecule has 5 heteroatoms. The van der Waals surface area contributed by atoms with Crippen LogP contribution in [0, 0.1) is 11.8 Å². The molecule has 20 heavy (non-hydrogen) atoms. The van der Waals surface area contributed by atoms with E-state index in [1.54, 1.807) is 6.92 Å². The Morgan fingerprint density at radius 1 is 1.25 bits per heavy atom. The molecule has 2 rings (SSSR count). The Kier molecular flexibility index (Phi) is 7.97. The number of benzene rings is 1. The summed E-state index contributed by atoms with van der Waals surface area (Å²) in [7, 11) is -0.0245. The van der Waals surface area contributed by atoms with Crippen LogP contribution in [0.3, 0.4) is 0 Å². The third-order valence-electron chi connectivity index (χ3n) is 2.81. The summed E-state index contributed by atoms with van der Waals surface area (Å²) in [6.07, 6.45) is 2.28. The van der Waals surface area contributed by atoms with Gasteiger partial charge in [0.25, 0.3) is 0 Å². The van der Waals surface area contributed by atoms with E-state index in [1.807, 2.05) is 28.6 Å². The minimum absolute atomic E-state index is 0.394. The monoisotopic (exact) mass is 295 g/mol. The number of hydrogen-bond donors (Lipinski definition) is 1. The van der Waals surface area contributed by atoms with Crippen LogP contribution in [0.15, 0.2) is 29.2 Å². The predicted molar refractivity (Wildman–Crippen MR) is 80.7 cm³/mol. The molecule has 1 fully saturated rings. The Bertz CT molecular complexity index is 470. The average molecular weight is 295 g/mol. The zero-order valence-corrected chi connectivity index (χ0v) is 12.8. The Balaban J connectivity index is 0.000000956. The van der Waals surface area contributed by atoms with Gasteiger partial charge in [-0.15, -0.1) is 5.92 Å². The first kappa shape index (κ1) is 16.7. The van der Waals surface area contributed by atoms with E-state index in [2.05, 4.69) is 11.8 Å². The van der Waals surface area contributed by atoms with Gasteiger partial charge in [-0.1, -0.05) is 5.92 Å². The molecule has 1 aliphatic heterocycles. The second-order valence-corrected chi connectivity index (χ2v) is 5.56. The van der Waals surface area contributed by atoms with Crippen LogP contribution in [-0.2, 0) is 11.0 Å². The average Bonchev–Trinajstić information content (AvgIpc) is 3.04. The summed E-state index contributed by atoms with van der Waals surface area (Å²) in [6, 6.07) is 7.42. The van der Waals surface area contributed by atoms with Gasteiger partial charge < -0.3 is 9.84 Å². The molecule has 1 saturated heterocycles. The lowest BCUT2D eigenvalue weighted by atomic mass is 10.3. The Hall–Kier alpha value is -1.35. The molecule has 0 spiro atoms. The minimum Gasteiger partial charge on any atom is -0.481 e. The second kappa shape index (κ2) is 9.54. The highest BCUT2D eigenvalue weighted by Crippen LogP contribution is 2.19. The van der Waals surface area contributed by atoms with Crippen molar-refractivity contribution in [1.82, 2.24) is 4.31 Å². The first-order valence-electron chi connectivity index (χ1n) is 6.55. The van der Waals surface area contributed by atoms with Crippen molar-refractivity contribution in [2.45, 2.75) is 24.7 Å². The van der Waals surface area contributed by atoms with Crippen LogP contribution < -0.4 is 4.74 Å². The lowest BCUT2D eigenvalue weighted by Gasteiger charge is -2.13. The summed E-state index contributed by atoms with van der Waals surface area (Å²) in [5, 5.41) is 7.00. The molecule has 0 aliphatic carbocycles. The fourth-order valence-electron chi connectivity index (χ4n) is 1.85. The lowest BCUT2D eigenvalue weighted by Crippen LogP contribution is -2.21. The molecule has 0 amide bonds. The molecule has 1 unspecified atom stereocenters. The van der Waals surface area contributed by atoms with Crippen LogP contribution in [0.1, 0.15) is 19.8 Å². The van der Waals surface area contributed by atoms with E-state index in [4.69, 9.17) is 9.84 Å². The van der Waals surface area contributed by atoms with Gasteiger partial charge in [-0.3, -0.25) is 0 Å². The third-order valence-corrected chi connectivity index (χ3v) is 4.32. The molecular formula is C15H21NO3S. The molecule has 1 aliphatic rings. The Morgan fingerprint density at radius 3 is 2.40 bits per heavy atom. The van der Waals surface area contributed by atoms with Crippen molar-refractivity contribution in [1.29, 1.82) is 0 Å². The van der Waals surface area contributed by atoms with Gasteiger partial charge in [0.1, 0.15) is 23.3 Å². The van der Waals surface area contributed by atoms with Gasteiger partial charge in [0.15, 0.2) is 0 Å². The fraction of sp³-hybridized carbons (Fsp3) is 0.467. The van der Waals surface area contributed by atoms with Crippen molar-refractivity contribution >= 4 is 11.0 Å². The van der Waals surface area contributed by atoms with Crippen LogP contribution in [0.5, 0.6) is 5.75 Å². The highest BCUT2D eigenvalue weighted by Gasteiger charge is 2.18. The van der Waals surface area contributed by atoms with Gasteiger partial charge in [-0.25, -0.2) is 8.51 Å².